The minimum Gasteiger partial charge on any atom is -0.506 e. The van der Waals surface area contributed by atoms with Crippen LogP contribution in [-0.2, 0) is 13.1 Å². The lowest BCUT2D eigenvalue weighted by molar-refractivity contribution is 0.0946. The second-order valence-electron chi connectivity index (χ2n) is 6.32. The van der Waals surface area contributed by atoms with E-state index < -0.39 is 17.2 Å². The van der Waals surface area contributed by atoms with E-state index in [2.05, 4.69) is 11.9 Å². The number of amides is 1. The number of carbonyl (C=O) groups excluding carboxylic acids is 1. The number of hydrogen-bond acceptors (Lipinski definition) is 5. The second-order valence-corrected chi connectivity index (χ2v) is 6.32. The number of nitrogens with zero attached hydrogens (tertiary/aromatic N) is 1. The number of aromatic nitrogens is 1. The van der Waals surface area contributed by atoms with Gasteiger partial charge in [0.2, 0.25) is 0 Å². The van der Waals surface area contributed by atoms with Crippen LogP contribution >= 0.6 is 0 Å². The van der Waals surface area contributed by atoms with Gasteiger partial charge in [0.1, 0.15) is 11.3 Å². The highest BCUT2D eigenvalue weighted by atomic mass is 16.5. The highest BCUT2D eigenvalue weighted by Gasteiger charge is 2.23. The molecule has 0 atom stereocenters. The number of pyridine rings is 1. The normalized spacial score (nSPS) is 10.6. The maximum atomic E-state index is 13.0. The highest BCUT2D eigenvalue weighted by Crippen LogP contribution is 2.36. The molecule has 0 fully saturated rings. The van der Waals surface area contributed by atoms with E-state index in [0.717, 1.165) is 5.56 Å². The first-order valence-corrected chi connectivity index (χ1v) is 8.96. The third kappa shape index (κ3) is 3.80. The zero-order chi connectivity index (χ0) is 21.0. The van der Waals surface area contributed by atoms with Crippen LogP contribution in [0.5, 0.6) is 17.2 Å². The van der Waals surface area contributed by atoms with Gasteiger partial charge >= 0.3 is 0 Å². The van der Waals surface area contributed by atoms with Crippen LogP contribution in [0.15, 0.2) is 59.9 Å². The Morgan fingerprint density at radius 1 is 1.17 bits per heavy atom. The van der Waals surface area contributed by atoms with Crippen LogP contribution in [0.4, 0.5) is 0 Å². The van der Waals surface area contributed by atoms with Gasteiger partial charge in [0.05, 0.1) is 19.7 Å². The van der Waals surface area contributed by atoms with Crippen LogP contribution in [0.2, 0.25) is 0 Å². The van der Waals surface area contributed by atoms with E-state index in [1.165, 1.54) is 24.9 Å². The van der Waals surface area contributed by atoms with E-state index in [1.807, 2.05) is 30.3 Å². The molecule has 3 rings (SSSR count). The first-order valence-electron chi connectivity index (χ1n) is 8.96. The standard InChI is InChI=1S/C22H22N2O5/c1-4-10-24-16-12-18(29-3)17(28-2)11-15(16)20(25)19(22(24)27)21(26)23-13-14-8-6-5-7-9-14/h4-9,11-12,25H,1,10,13H2,2-3H3,(H,23,26). The van der Waals surface area contributed by atoms with Crippen LogP contribution in [0.1, 0.15) is 15.9 Å². The summed E-state index contributed by atoms with van der Waals surface area (Å²) in [4.78, 5) is 25.8. The Kier molecular flexibility index (Phi) is 5.87. The Hall–Kier alpha value is -3.74. The first-order chi connectivity index (χ1) is 14.0. The average molecular weight is 394 g/mol. The van der Waals surface area contributed by atoms with Gasteiger partial charge in [-0.15, -0.1) is 6.58 Å². The van der Waals surface area contributed by atoms with Crippen molar-refractivity contribution < 1.29 is 19.4 Å². The van der Waals surface area contributed by atoms with Gasteiger partial charge < -0.3 is 24.5 Å². The van der Waals surface area contributed by atoms with Gasteiger partial charge in [-0.05, 0) is 11.6 Å². The van der Waals surface area contributed by atoms with Gasteiger partial charge in [-0.1, -0.05) is 36.4 Å². The molecule has 0 bridgehead atoms. The minimum absolute atomic E-state index is 0.157. The molecule has 0 aliphatic heterocycles. The van der Waals surface area contributed by atoms with Crippen molar-refractivity contribution in [2.24, 2.45) is 0 Å². The predicted octanol–water partition coefficient (Wildman–Crippen LogP) is 2.84. The summed E-state index contributed by atoms with van der Waals surface area (Å²) in [7, 11) is 2.94. The minimum atomic E-state index is -0.661. The van der Waals surface area contributed by atoms with Crippen molar-refractivity contribution >= 4 is 16.8 Å². The number of fused-ring (bicyclic) bond motifs is 1. The molecule has 0 aliphatic rings. The van der Waals surface area contributed by atoms with Gasteiger partial charge in [0, 0.05) is 24.5 Å². The molecule has 2 aromatic carbocycles. The summed E-state index contributed by atoms with van der Waals surface area (Å²) in [5.41, 5.74) is 0.332. The molecule has 7 nitrogen and oxygen atoms in total. The molecular weight excluding hydrogens is 372 g/mol. The summed E-state index contributed by atoms with van der Waals surface area (Å²) in [5, 5.41) is 13.8. The molecule has 0 saturated carbocycles. The Morgan fingerprint density at radius 3 is 2.45 bits per heavy atom. The molecule has 7 heteroatoms. The number of ether oxygens (including phenoxy) is 2. The fourth-order valence-electron chi connectivity index (χ4n) is 3.14. The van der Waals surface area contributed by atoms with Gasteiger partial charge in [-0.25, -0.2) is 0 Å². The maximum absolute atomic E-state index is 13.0. The number of nitrogens with one attached hydrogen (secondary N) is 1. The molecule has 150 valence electrons. The van der Waals surface area contributed by atoms with Crippen molar-refractivity contribution in [2.75, 3.05) is 14.2 Å². The molecule has 1 aromatic heterocycles. The Balaban J connectivity index is 2.14. The fraction of sp³-hybridized carbons (Fsp3) is 0.182. The number of aromatic hydroxyl groups is 1. The van der Waals surface area contributed by atoms with Crippen molar-refractivity contribution in [3.05, 3.63) is 76.6 Å². The number of allylic oxidation sites excluding steroid dienone is 1. The second kappa shape index (κ2) is 8.52. The lowest BCUT2D eigenvalue weighted by Gasteiger charge is -2.16. The largest absolute Gasteiger partial charge is 0.506 e. The molecule has 3 aromatic rings. The SMILES string of the molecule is C=CCn1c(=O)c(C(=O)NCc2ccccc2)c(O)c2cc(OC)c(OC)cc21. The van der Waals surface area contributed by atoms with Crippen LogP contribution in [0.3, 0.4) is 0 Å². The third-order valence-corrected chi connectivity index (χ3v) is 4.58. The van der Waals surface area contributed by atoms with E-state index >= 15 is 0 Å². The van der Waals surface area contributed by atoms with Crippen LogP contribution < -0.4 is 20.3 Å². The zero-order valence-electron chi connectivity index (χ0n) is 16.3. The van der Waals surface area contributed by atoms with Crippen molar-refractivity contribution in [3.8, 4) is 17.2 Å². The van der Waals surface area contributed by atoms with Crippen molar-refractivity contribution in [3.63, 3.8) is 0 Å². The summed E-state index contributed by atoms with van der Waals surface area (Å²) in [5.74, 6) is -0.296. The molecular formula is C22H22N2O5. The fourth-order valence-corrected chi connectivity index (χ4v) is 3.14. The van der Waals surface area contributed by atoms with Gasteiger partial charge in [-0.2, -0.15) is 0 Å². The number of carbonyl (C=O) groups is 1. The average Bonchev–Trinajstić information content (AvgIpc) is 2.75. The summed E-state index contributed by atoms with van der Waals surface area (Å²) >= 11 is 0. The lowest BCUT2D eigenvalue weighted by Crippen LogP contribution is -2.33. The van der Waals surface area contributed by atoms with E-state index in [-0.39, 0.29) is 18.7 Å². The van der Waals surface area contributed by atoms with Crippen molar-refractivity contribution in [1.82, 2.24) is 9.88 Å². The molecule has 2 N–H and O–H groups in total. The van der Waals surface area contributed by atoms with Crippen molar-refractivity contribution in [1.29, 1.82) is 0 Å². The topological polar surface area (TPSA) is 89.8 Å². The Labute approximate surface area is 167 Å². The molecule has 1 amide bonds. The predicted molar refractivity (Wildman–Crippen MR) is 111 cm³/mol. The lowest BCUT2D eigenvalue weighted by atomic mass is 10.1. The Morgan fingerprint density at radius 2 is 1.83 bits per heavy atom. The molecule has 1 heterocycles. The molecule has 0 unspecified atom stereocenters. The van der Waals surface area contributed by atoms with Crippen molar-refractivity contribution in [2.45, 2.75) is 13.1 Å². The molecule has 0 spiro atoms. The summed E-state index contributed by atoms with van der Waals surface area (Å²) in [6, 6.07) is 12.4. The van der Waals surface area contributed by atoms with E-state index in [1.54, 1.807) is 12.1 Å². The van der Waals surface area contributed by atoms with Gasteiger partial charge in [0.15, 0.2) is 11.5 Å². The molecule has 29 heavy (non-hydrogen) atoms. The number of hydrogen-bond donors (Lipinski definition) is 2. The van der Waals surface area contributed by atoms with Gasteiger partial charge in [-0.3, -0.25) is 9.59 Å². The number of methoxy groups -OCH3 is 2. The smallest absolute Gasteiger partial charge is 0.268 e. The quantitative estimate of drug-likeness (QED) is 0.602. The van der Waals surface area contributed by atoms with Crippen LogP contribution in [0, 0.1) is 0 Å². The van der Waals surface area contributed by atoms with Crippen LogP contribution in [0.25, 0.3) is 10.9 Å². The monoisotopic (exact) mass is 394 g/mol. The van der Waals surface area contributed by atoms with E-state index in [4.69, 9.17) is 9.47 Å². The summed E-state index contributed by atoms with van der Waals surface area (Å²) in [6.07, 6.45) is 1.54. The maximum Gasteiger partial charge on any atom is 0.268 e. The third-order valence-electron chi connectivity index (χ3n) is 4.58. The molecule has 0 radical (unpaired) electrons. The summed E-state index contributed by atoms with van der Waals surface area (Å²) < 4.78 is 11.9. The molecule has 0 saturated heterocycles. The number of rotatable bonds is 7. The van der Waals surface area contributed by atoms with Gasteiger partial charge in [0.25, 0.3) is 11.5 Å². The molecule has 0 aliphatic carbocycles. The zero-order valence-corrected chi connectivity index (χ0v) is 16.3. The van der Waals surface area contributed by atoms with E-state index in [0.29, 0.717) is 22.4 Å². The van der Waals surface area contributed by atoms with Crippen LogP contribution in [-0.4, -0.2) is 29.8 Å². The Bertz CT molecular complexity index is 1120. The van der Waals surface area contributed by atoms with E-state index in [9.17, 15) is 14.7 Å². The number of benzene rings is 2. The highest BCUT2D eigenvalue weighted by molar-refractivity contribution is 6.03. The summed E-state index contributed by atoms with van der Waals surface area (Å²) in [6.45, 7) is 4.06. The first kappa shape index (κ1) is 20.0.